The maximum atomic E-state index is 12.6. The number of aromatic nitrogens is 2. The van der Waals surface area contributed by atoms with Crippen LogP contribution < -0.4 is 5.32 Å². The third-order valence-corrected chi connectivity index (χ3v) is 4.20. The highest BCUT2D eigenvalue weighted by Gasteiger charge is 2.12. The van der Waals surface area contributed by atoms with Crippen molar-refractivity contribution in [1.82, 2.24) is 9.55 Å². The van der Waals surface area contributed by atoms with Gasteiger partial charge in [0.2, 0.25) is 0 Å². The molecule has 102 valence electrons. The minimum atomic E-state index is -2.62. The van der Waals surface area contributed by atoms with Gasteiger partial charge in [-0.25, -0.2) is 4.98 Å². The molecule has 1 heterocycles. The van der Waals surface area contributed by atoms with Crippen molar-refractivity contribution in [3.63, 3.8) is 0 Å². The lowest BCUT2D eigenvalue weighted by Crippen LogP contribution is -2.09. The van der Waals surface area contributed by atoms with E-state index in [4.69, 9.17) is 23.2 Å². The summed E-state index contributed by atoms with van der Waals surface area (Å²) in [7, 11) is 0. The summed E-state index contributed by atoms with van der Waals surface area (Å²) in [5.41, 5.74) is 0.554. The van der Waals surface area contributed by atoms with Crippen LogP contribution in [-0.2, 0) is 6.54 Å². The fourth-order valence-corrected chi connectivity index (χ4v) is 2.34. The van der Waals surface area contributed by atoms with Crippen molar-refractivity contribution < 1.29 is 8.78 Å². The standard InChI is InChI=1S/C11H8BrCl2F2N3/c12-6-1-2-7(10(14)9(6)13)18-5-8-17-3-4-19(8)11(15)16/h1-4,11,18H,5H2. The molecule has 0 amide bonds. The van der Waals surface area contributed by atoms with Gasteiger partial charge in [0.25, 0.3) is 0 Å². The van der Waals surface area contributed by atoms with Gasteiger partial charge >= 0.3 is 6.55 Å². The number of halogens is 5. The van der Waals surface area contributed by atoms with Gasteiger partial charge in [0.1, 0.15) is 5.82 Å². The summed E-state index contributed by atoms with van der Waals surface area (Å²) in [5, 5.41) is 3.61. The molecule has 0 spiro atoms. The lowest BCUT2D eigenvalue weighted by Gasteiger charge is -2.11. The quantitative estimate of drug-likeness (QED) is 0.771. The lowest BCUT2D eigenvalue weighted by atomic mass is 10.3. The van der Waals surface area contributed by atoms with E-state index >= 15 is 0 Å². The molecular formula is C11H8BrCl2F2N3. The van der Waals surface area contributed by atoms with E-state index in [0.717, 1.165) is 4.57 Å². The Morgan fingerprint density at radius 1 is 1.32 bits per heavy atom. The summed E-state index contributed by atoms with van der Waals surface area (Å²) in [5.74, 6) is 0.213. The third kappa shape index (κ3) is 3.19. The molecule has 0 radical (unpaired) electrons. The maximum Gasteiger partial charge on any atom is 0.319 e. The third-order valence-electron chi connectivity index (χ3n) is 2.43. The van der Waals surface area contributed by atoms with Crippen molar-refractivity contribution in [2.24, 2.45) is 0 Å². The van der Waals surface area contributed by atoms with E-state index in [9.17, 15) is 8.78 Å². The molecule has 2 rings (SSSR count). The number of nitrogens with one attached hydrogen (secondary N) is 1. The van der Waals surface area contributed by atoms with E-state index in [1.165, 1.54) is 12.4 Å². The van der Waals surface area contributed by atoms with E-state index < -0.39 is 6.55 Å². The van der Waals surface area contributed by atoms with Crippen LogP contribution in [0.4, 0.5) is 14.5 Å². The molecule has 3 nitrogen and oxygen atoms in total. The average molecular weight is 371 g/mol. The molecule has 1 aromatic carbocycles. The zero-order chi connectivity index (χ0) is 14.0. The van der Waals surface area contributed by atoms with Crippen LogP contribution in [0.1, 0.15) is 12.4 Å². The molecule has 8 heteroatoms. The highest BCUT2D eigenvalue weighted by atomic mass is 79.9. The molecule has 0 aliphatic heterocycles. The maximum absolute atomic E-state index is 12.6. The number of benzene rings is 1. The summed E-state index contributed by atoms with van der Waals surface area (Å²) in [6.07, 6.45) is 2.54. The predicted octanol–water partition coefficient (Wildman–Crippen LogP) is 4.96. The highest BCUT2D eigenvalue weighted by molar-refractivity contribution is 9.10. The van der Waals surface area contributed by atoms with Gasteiger partial charge in [0.05, 0.1) is 22.3 Å². The SMILES string of the molecule is FC(F)n1ccnc1CNc1ccc(Br)c(Cl)c1Cl. The fraction of sp³-hybridized carbons (Fsp3) is 0.182. The molecular weight excluding hydrogens is 363 g/mol. The molecule has 1 aromatic heterocycles. The first-order valence-corrected chi connectivity index (χ1v) is 6.73. The van der Waals surface area contributed by atoms with Gasteiger partial charge in [-0.1, -0.05) is 23.2 Å². The first kappa shape index (κ1) is 14.6. The minimum Gasteiger partial charge on any atom is -0.377 e. The van der Waals surface area contributed by atoms with Gasteiger partial charge in [-0.15, -0.1) is 0 Å². The molecule has 0 saturated heterocycles. The molecule has 0 fully saturated rings. The van der Waals surface area contributed by atoms with Crippen LogP contribution in [0.15, 0.2) is 29.0 Å². The zero-order valence-corrected chi connectivity index (χ0v) is 12.5. The van der Waals surface area contributed by atoms with Crippen molar-refractivity contribution in [2.45, 2.75) is 13.1 Å². The molecule has 0 bridgehead atoms. The Morgan fingerprint density at radius 2 is 2.05 bits per heavy atom. The topological polar surface area (TPSA) is 29.9 Å². The Labute approximate surface area is 126 Å². The monoisotopic (exact) mass is 369 g/mol. The van der Waals surface area contributed by atoms with E-state index in [1.54, 1.807) is 12.1 Å². The Balaban J connectivity index is 2.15. The van der Waals surface area contributed by atoms with Crippen molar-refractivity contribution in [3.8, 4) is 0 Å². The molecule has 0 aliphatic carbocycles. The zero-order valence-electron chi connectivity index (χ0n) is 9.38. The van der Waals surface area contributed by atoms with Crippen LogP contribution in [0.2, 0.25) is 10.0 Å². The molecule has 2 aromatic rings. The fourth-order valence-electron chi connectivity index (χ4n) is 1.50. The van der Waals surface area contributed by atoms with E-state index in [0.29, 0.717) is 20.2 Å². The smallest absolute Gasteiger partial charge is 0.319 e. The summed E-state index contributed by atoms with van der Waals surface area (Å²) in [4.78, 5) is 3.86. The summed E-state index contributed by atoms with van der Waals surface area (Å²) in [6, 6.07) is 3.42. The molecule has 0 saturated carbocycles. The second-order valence-electron chi connectivity index (χ2n) is 3.60. The Kier molecular flexibility index (Phi) is 4.65. The molecule has 0 aliphatic rings. The molecule has 1 N–H and O–H groups in total. The highest BCUT2D eigenvalue weighted by Crippen LogP contribution is 2.35. The molecule has 0 unspecified atom stereocenters. The summed E-state index contributed by atoms with van der Waals surface area (Å²) in [6.45, 7) is -2.50. The van der Waals surface area contributed by atoms with Crippen LogP contribution in [0.25, 0.3) is 0 Å². The minimum absolute atomic E-state index is 0.120. The number of nitrogens with zero attached hydrogens (tertiary/aromatic N) is 2. The van der Waals surface area contributed by atoms with Crippen molar-refractivity contribution in [3.05, 3.63) is 44.9 Å². The van der Waals surface area contributed by atoms with Gasteiger partial charge in [0.15, 0.2) is 0 Å². The second kappa shape index (κ2) is 6.07. The number of alkyl halides is 2. The van der Waals surface area contributed by atoms with Gasteiger partial charge in [-0.2, -0.15) is 8.78 Å². The van der Waals surface area contributed by atoms with E-state index in [1.807, 2.05) is 0 Å². The predicted molar refractivity (Wildman–Crippen MR) is 75.0 cm³/mol. The van der Waals surface area contributed by atoms with Crippen LogP contribution in [0.3, 0.4) is 0 Å². The van der Waals surface area contributed by atoms with E-state index in [-0.39, 0.29) is 12.4 Å². The van der Waals surface area contributed by atoms with Crippen molar-refractivity contribution in [1.29, 1.82) is 0 Å². The van der Waals surface area contributed by atoms with Gasteiger partial charge in [-0.3, -0.25) is 4.57 Å². The number of imidazole rings is 1. The summed E-state index contributed by atoms with van der Waals surface area (Å²) >= 11 is 15.2. The number of rotatable bonds is 4. The van der Waals surface area contributed by atoms with Crippen molar-refractivity contribution in [2.75, 3.05) is 5.32 Å². The van der Waals surface area contributed by atoms with Gasteiger partial charge in [0, 0.05) is 16.9 Å². The summed E-state index contributed by atoms with van der Waals surface area (Å²) < 4.78 is 26.7. The second-order valence-corrected chi connectivity index (χ2v) is 5.22. The van der Waals surface area contributed by atoms with Crippen molar-refractivity contribution >= 4 is 44.8 Å². The average Bonchev–Trinajstić information content (AvgIpc) is 2.84. The molecule has 19 heavy (non-hydrogen) atoms. The van der Waals surface area contributed by atoms with Crippen LogP contribution in [0, 0.1) is 0 Å². The first-order valence-electron chi connectivity index (χ1n) is 5.18. The van der Waals surface area contributed by atoms with E-state index in [2.05, 4.69) is 26.2 Å². The Bertz CT molecular complexity index is 589. The number of hydrogen-bond acceptors (Lipinski definition) is 2. The van der Waals surface area contributed by atoms with Crippen LogP contribution >= 0.6 is 39.1 Å². The molecule has 0 atom stereocenters. The lowest BCUT2D eigenvalue weighted by molar-refractivity contribution is 0.0673. The Morgan fingerprint density at radius 3 is 2.74 bits per heavy atom. The first-order chi connectivity index (χ1) is 9.00. The Hall–Kier alpha value is -0.850. The van der Waals surface area contributed by atoms with Gasteiger partial charge in [-0.05, 0) is 28.1 Å². The van der Waals surface area contributed by atoms with Crippen LogP contribution in [-0.4, -0.2) is 9.55 Å². The van der Waals surface area contributed by atoms with Gasteiger partial charge < -0.3 is 5.32 Å². The normalized spacial score (nSPS) is 11.1. The number of anilines is 1. The number of hydrogen-bond donors (Lipinski definition) is 1. The largest absolute Gasteiger partial charge is 0.377 e. The van der Waals surface area contributed by atoms with Crippen LogP contribution in [0.5, 0.6) is 0 Å².